The second-order valence-corrected chi connectivity index (χ2v) is 10.2. The van der Waals surface area contributed by atoms with E-state index < -0.39 is 5.25 Å². The van der Waals surface area contributed by atoms with Crippen molar-refractivity contribution in [2.24, 2.45) is 4.99 Å². The molecule has 0 saturated carbocycles. The van der Waals surface area contributed by atoms with Gasteiger partial charge in [-0.2, -0.15) is 4.99 Å². The molecule has 0 spiro atoms. The lowest BCUT2D eigenvalue weighted by atomic mass is 10.1. The fourth-order valence-corrected chi connectivity index (χ4v) is 5.56. The largest absolute Gasteiger partial charge is 0.351 e. The molecule has 2 aliphatic rings. The first-order valence-corrected chi connectivity index (χ1v) is 12.8. The van der Waals surface area contributed by atoms with Gasteiger partial charge in [0.05, 0.1) is 0 Å². The molecule has 33 heavy (non-hydrogen) atoms. The van der Waals surface area contributed by atoms with E-state index in [0.29, 0.717) is 16.4 Å². The zero-order valence-corrected chi connectivity index (χ0v) is 20.0. The first-order valence-electron chi connectivity index (χ1n) is 11.1. The summed E-state index contributed by atoms with van der Waals surface area (Å²) < 4.78 is 0. The molecule has 1 atom stereocenters. The van der Waals surface area contributed by atoms with Gasteiger partial charge in [-0.05, 0) is 49.9 Å². The van der Waals surface area contributed by atoms with Gasteiger partial charge in [-0.15, -0.1) is 10.2 Å². The lowest BCUT2D eigenvalue weighted by Crippen LogP contribution is -2.33. The molecule has 2 aromatic rings. The molecule has 9 nitrogen and oxygen atoms in total. The number of aryl methyl sites for hydroxylation is 1. The molecule has 2 N–H and O–H groups in total. The Bertz CT molecular complexity index is 1050. The molecular formula is C22H26N6O3S2. The van der Waals surface area contributed by atoms with E-state index in [4.69, 9.17) is 0 Å². The van der Waals surface area contributed by atoms with Crippen molar-refractivity contribution >= 4 is 56.8 Å². The number of aromatic nitrogens is 2. The quantitative estimate of drug-likeness (QED) is 0.615. The topological polar surface area (TPSA) is 117 Å². The molecule has 1 fully saturated rings. The highest BCUT2D eigenvalue weighted by atomic mass is 32.2. The number of nitrogens with one attached hydrogen (secondary N) is 2. The Labute approximate surface area is 200 Å². The highest BCUT2D eigenvalue weighted by molar-refractivity contribution is 8.15. The van der Waals surface area contributed by atoms with E-state index in [9.17, 15) is 14.4 Å². The van der Waals surface area contributed by atoms with Gasteiger partial charge in [-0.3, -0.25) is 19.7 Å². The molecule has 1 saturated heterocycles. The van der Waals surface area contributed by atoms with Crippen LogP contribution in [-0.4, -0.2) is 56.3 Å². The molecule has 0 aliphatic carbocycles. The Kier molecular flexibility index (Phi) is 7.71. The number of carbonyl (C=O) groups excluding carboxylic acids is 3. The van der Waals surface area contributed by atoms with Gasteiger partial charge < -0.3 is 10.2 Å². The summed E-state index contributed by atoms with van der Waals surface area (Å²) in [6.07, 6.45) is 5.27. The Morgan fingerprint density at radius 2 is 1.85 bits per heavy atom. The number of piperidine rings is 1. The Balaban J connectivity index is 1.26. The van der Waals surface area contributed by atoms with E-state index in [1.807, 2.05) is 0 Å². The third-order valence-corrected chi connectivity index (χ3v) is 7.42. The number of nitrogens with zero attached hydrogens (tertiary/aromatic N) is 4. The van der Waals surface area contributed by atoms with E-state index in [1.165, 1.54) is 29.5 Å². The maximum Gasteiger partial charge on any atom is 0.262 e. The number of thioether (sulfide) groups is 1. The molecule has 0 radical (unpaired) electrons. The van der Waals surface area contributed by atoms with Crippen molar-refractivity contribution in [3.05, 3.63) is 34.8 Å². The standard InChI is InChI=1S/C22H26N6O3S2/c1-2-6-18-26-27-21(33-18)24-19(30)14-7-9-15(10-8-14)23-17(29)13-16-20(31)25-22(32-16)28-11-4-3-5-12-28/h7-10,16H,2-6,11-13H2,1H3,(H,23,29)(H,24,27,30). The van der Waals surface area contributed by atoms with Crippen LogP contribution in [0.5, 0.6) is 0 Å². The second-order valence-electron chi connectivity index (χ2n) is 7.92. The molecule has 2 aliphatic heterocycles. The van der Waals surface area contributed by atoms with Crippen LogP contribution in [0.4, 0.5) is 10.8 Å². The van der Waals surface area contributed by atoms with E-state index in [2.05, 4.69) is 37.6 Å². The number of rotatable bonds is 7. The summed E-state index contributed by atoms with van der Waals surface area (Å²) in [5.74, 6) is -0.797. The van der Waals surface area contributed by atoms with E-state index >= 15 is 0 Å². The summed E-state index contributed by atoms with van der Waals surface area (Å²) >= 11 is 2.74. The van der Waals surface area contributed by atoms with Crippen LogP contribution in [0.3, 0.4) is 0 Å². The van der Waals surface area contributed by atoms with Crippen molar-refractivity contribution in [2.75, 3.05) is 23.7 Å². The number of amidine groups is 1. The molecule has 3 heterocycles. The van der Waals surface area contributed by atoms with Crippen LogP contribution in [0.2, 0.25) is 0 Å². The zero-order valence-electron chi connectivity index (χ0n) is 18.4. The van der Waals surface area contributed by atoms with Gasteiger partial charge in [-0.1, -0.05) is 30.0 Å². The third kappa shape index (κ3) is 6.17. The lowest BCUT2D eigenvalue weighted by molar-refractivity contribution is -0.121. The van der Waals surface area contributed by atoms with Gasteiger partial charge in [0.25, 0.3) is 11.8 Å². The molecule has 1 unspecified atom stereocenters. The molecule has 3 amide bonds. The van der Waals surface area contributed by atoms with Crippen LogP contribution in [-0.2, 0) is 16.0 Å². The summed E-state index contributed by atoms with van der Waals surface area (Å²) in [6, 6.07) is 6.58. The summed E-state index contributed by atoms with van der Waals surface area (Å²) in [5.41, 5.74) is 1.01. The predicted octanol–water partition coefficient (Wildman–Crippen LogP) is 3.56. The number of carbonyl (C=O) groups is 3. The SMILES string of the molecule is CCCc1nnc(NC(=O)c2ccc(NC(=O)CC3SC(N4CCCCC4)=NC3=O)cc2)s1. The smallest absolute Gasteiger partial charge is 0.262 e. The first kappa shape index (κ1) is 23.4. The highest BCUT2D eigenvalue weighted by Crippen LogP contribution is 2.29. The normalized spacial score (nSPS) is 18.2. The molecule has 1 aromatic carbocycles. The Hall–Kier alpha value is -2.79. The Morgan fingerprint density at radius 1 is 1.09 bits per heavy atom. The van der Waals surface area contributed by atoms with Crippen LogP contribution in [0.1, 0.15) is 54.4 Å². The average Bonchev–Trinajstić information content (AvgIpc) is 3.41. The summed E-state index contributed by atoms with van der Waals surface area (Å²) in [6.45, 7) is 3.89. The van der Waals surface area contributed by atoms with Crippen LogP contribution in [0, 0.1) is 0 Å². The number of amides is 3. The fourth-order valence-electron chi connectivity index (χ4n) is 3.60. The van der Waals surface area contributed by atoms with Crippen molar-refractivity contribution in [2.45, 2.75) is 50.7 Å². The van der Waals surface area contributed by atoms with Gasteiger partial charge in [0.2, 0.25) is 11.0 Å². The van der Waals surface area contributed by atoms with Crippen molar-refractivity contribution in [1.82, 2.24) is 15.1 Å². The predicted molar refractivity (Wildman–Crippen MR) is 131 cm³/mol. The maximum atomic E-state index is 12.5. The summed E-state index contributed by atoms with van der Waals surface area (Å²) in [7, 11) is 0. The van der Waals surface area contributed by atoms with Crippen LogP contribution >= 0.6 is 23.1 Å². The minimum Gasteiger partial charge on any atom is -0.351 e. The molecule has 174 valence electrons. The highest BCUT2D eigenvalue weighted by Gasteiger charge is 2.33. The lowest BCUT2D eigenvalue weighted by Gasteiger charge is -2.27. The van der Waals surface area contributed by atoms with Crippen LogP contribution < -0.4 is 10.6 Å². The van der Waals surface area contributed by atoms with Crippen molar-refractivity contribution in [1.29, 1.82) is 0 Å². The number of aliphatic imine (C=N–C) groups is 1. The Morgan fingerprint density at radius 3 is 2.58 bits per heavy atom. The van der Waals surface area contributed by atoms with Crippen molar-refractivity contribution in [3.8, 4) is 0 Å². The van der Waals surface area contributed by atoms with Gasteiger partial charge in [0, 0.05) is 37.2 Å². The van der Waals surface area contributed by atoms with Gasteiger partial charge >= 0.3 is 0 Å². The number of anilines is 2. The summed E-state index contributed by atoms with van der Waals surface area (Å²) in [5, 5.41) is 15.2. The molecule has 11 heteroatoms. The monoisotopic (exact) mass is 486 g/mol. The van der Waals surface area contributed by atoms with Gasteiger partial charge in [0.15, 0.2) is 5.17 Å². The zero-order chi connectivity index (χ0) is 23.2. The minimum atomic E-state index is -0.489. The van der Waals surface area contributed by atoms with Crippen LogP contribution in [0.25, 0.3) is 0 Å². The third-order valence-electron chi connectivity index (χ3n) is 5.31. The molecule has 1 aromatic heterocycles. The fraction of sp³-hybridized carbons (Fsp3) is 0.455. The number of benzene rings is 1. The number of likely N-dealkylation sites (tertiary alicyclic amines) is 1. The van der Waals surface area contributed by atoms with Crippen molar-refractivity contribution < 1.29 is 14.4 Å². The van der Waals surface area contributed by atoms with E-state index in [1.54, 1.807) is 24.3 Å². The summed E-state index contributed by atoms with van der Waals surface area (Å²) in [4.78, 5) is 43.5. The minimum absolute atomic E-state index is 0.0592. The van der Waals surface area contributed by atoms with Crippen LogP contribution in [0.15, 0.2) is 29.3 Å². The molecule has 4 rings (SSSR count). The number of hydrogen-bond acceptors (Lipinski definition) is 8. The first-order chi connectivity index (χ1) is 16.0. The van der Waals surface area contributed by atoms with Gasteiger partial charge in [0.1, 0.15) is 10.3 Å². The molecular weight excluding hydrogens is 460 g/mol. The second kappa shape index (κ2) is 10.9. The number of hydrogen-bond donors (Lipinski definition) is 2. The van der Waals surface area contributed by atoms with Gasteiger partial charge in [-0.25, -0.2) is 0 Å². The molecule has 0 bridgehead atoms. The van der Waals surface area contributed by atoms with Crippen molar-refractivity contribution in [3.63, 3.8) is 0 Å². The van der Waals surface area contributed by atoms with E-state index in [-0.39, 0.29) is 24.1 Å². The van der Waals surface area contributed by atoms with E-state index in [0.717, 1.165) is 48.9 Å². The maximum absolute atomic E-state index is 12.5. The average molecular weight is 487 g/mol.